The Morgan fingerprint density at radius 1 is 1.18 bits per heavy atom. The number of fused-ring (bicyclic) bond motifs is 1. The van der Waals surface area contributed by atoms with Crippen molar-refractivity contribution in [2.45, 2.75) is 13.8 Å². The van der Waals surface area contributed by atoms with Crippen LogP contribution in [0.5, 0.6) is 0 Å². The van der Waals surface area contributed by atoms with E-state index in [1.54, 1.807) is 29.1 Å². The summed E-state index contributed by atoms with van der Waals surface area (Å²) in [5.41, 5.74) is 5.05. The molecule has 0 aliphatic rings. The fraction of sp³-hybridized carbons (Fsp3) is 0.190. The summed E-state index contributed by atoms with van der Waals surface area (Å²) in [6.07, 6.45) is 3.61. The maximum atomic E-state index is 15.0. The number of ether oxygens (including phenoxy) is 1. The lowest BCUT2D eigenvalue weighted by atomic mass is 9.97. The predicted octanol–water partition coefficient (Wildman–Crippen LogP) is 3.94. The second-order valence-electron chi connectivity index (χ2n) is 6.65. The number of methoxy groups -OCH3 is 1. The summed E-state index contributed by atoms with van der Waals surface area (Å²) in [7, 11) is 3.16. The number of halogens is 1. The van der Waals surface area contributed by atoms with Crippen LogP contribution in [-0.4, -0.2) is 32.2 Å². The highest BCUT2D eigenvalue weighted by Gasteiger charge is 2.21. The molecule has 0 atom stereocenters. The van der Waals surface area contributed by atoms with Crippen LogP contribution in [0.15, 0.2) is 42.7 Å². The van der Waals surface area contributed by atoms with Crippen LogP contribution >= 0.6 is 0 Å². The standard InChI is InChI=1S/C21H19FN4O2/c1-12-16(11-25(3)24-12)15-6-5-7-17(22)19(15)20-13(2)26-9-8-14(21(27)28-4)10-18(26)23-20/h5-11H,1-4H3. The Hall–Kier alpha value is -3.48. The molecule has 0 unspecified atom stereocenters. The normalized spacial score (nSPS) is 11.2. The fourth-order valence-corrected chi connectivity index (χ4v) is 3.50. The molecule has 3 heterocycles. The number of nitrogens with zero attached hydrogens (tertiary/aromatic N) is 4. The fourth-order valence-electron chi connectivity index (χ4n) is 3.50. The van der Waals surface area contributed by atoms with Crippen molar-refractivity contribution in [2.75, 3.05) is 7.11 Å². The Morgan fingerprint density at radius 3 is 2.64 bits per heavy atom. The molecule has 0 saturated heterocycles. The average molecular weight is 378 g/mol. The minimum Gasteiger partial charge on any atom is -0.465 e. The lowest BCUT2D eigenvalue weighted by Gasteiger charge is -2.09. The van der Waals surface area contributed by atoms with E-state index in [4.69, 9.17) is 4.74 Å². The summed E-state index contributed by atoms with van der Waals surface area (Å²) in [5.74, 6) is -0.803. The SMILES string of the molecule is COC(=O)c1ccn2c(C)c(-c3c(F)cccc3-c3cn(C)nc3C)nc2c1. The average Bonchev–Trinajstić information content (AvgIpc) is 3.19. The maximum Gasteiger partial charge on any atom is 0.338 e. The maximum absolute atomic E-state index is 15.0. The van der Waals surface area contributed by atoms with Crippen LogP contribution in [0, 0.1) is 19.7 Å². The predicted molar refractivity (Wildman–Crippen MR) is 104 cm³/mol. The second-order valence-corrected chi connectivity index (χ2v) is 6.65. The lowest BCUT2D eigenvalue weighted by molar-refractivity contribution is 0.0600. The zero-order valence-corrected chi connectivity index (χ0v) is 16.0. The summed E-state index contributed by atoms with van der Waals surface area (Å²) in [6, 6.07) is 8.27. The van der Waals surface area contributed by atoms with Crippen LogP contribution < -0.4 is 0 Å². The van der Waals surface area contributed by atoms with E-state index >= 15 is 0 Å². The third kappa shape index (κ3) is 2.76. The molecule has 4 aromatic rings. The van der Waals surface area contributed by atoms with Gasteiger partial charge in [0, 0.05) is 36.3 Å². The van der Waals surface area contributed by atoms with Crippen LogP contribution in [0.3, 0.4) is 0 Å². The van der Waals surface area contributed by atoms with Crippen LogP contribution in [0.2, 0.25) is 0 Å². The second kappa shape index (κ2) is 6.60. The Balaban J connectivity index is 1.97. The van der Waals surface area contributed by atoms with Gasteiger partial charge in [-0.3, -0.25) is 4.68 Å². The van der Waals surface area contributed by atoms with Gasteiger partial charge in [0.25, 0.3) is 0 Å². The minimum atomic E-state index is -0.442. The van der Waals surface area contributed by atoms with Crippen molar-refractivity contribution < 1.29 is 13.9 Å². The largest absolute Gasteiger partial charge is 0.465 e. The van der Waals surface area contributed by atoms with Gasteiger partial charge in [-0.15, -0.1) is 0 Å². The Morgan fingerprint density at radius 2 is 1.96 bits per heavy atom. The number of benzene rings is 1. The van der Waals surface area contributed by atoms with E-state index in [1.807, 2.05) is 37.6 Å². The molecule has 0 spiro atoms. The Kier molecular flexibility index (Phi) is 4.22. The van der Waals surface area contributed by atoms with Gasteiger partial charge in [-0.25, -0.2) is 14.2 Å². The van der Waals surface area contributed by atoms with Gasteiger partial charge in [0.2, 0.25) is 0 Å². The lowest BCUT2D eigenvalue weighted by Crippen LogP contribution is -2.02. The van der Waals surface area contributed by atoms with Crippen molar-refractivity contribution in [3.05, 3.63) is 65.5 Å². The minimum absolute atomic E-state index is 0.361. The monoisotopic (exact) mass is 378 g/mol. The molecular weight excluding hydrogens is 359 g/mol. The highest BCUT2D eigenvalue weighted by atomic mass is 19.1. The van der Waals surface area contributed by atoms with Gasteiger partial charge >= 0.3 is 5.97 Å². The molecular formula is C21H19FN4O2. The summed E-state index contributed by atoms with van der Waals surface area (Å²) in [4.78, 5) is 16.5. The quantitative estimate of drug-likeness (QED) is 0.507. The molecule has 28 heavy (non-hydrogen) atoms. The van der Waals surface area contributed by atoms with Gasteiger partial charge < -0.3 is 9.14 Å². The molecule has 1 aromatic carbocycles. The van der Waals surface area contributed by atoms with Gasteiger partial charge in [-0.05, 0) is 37.6 Å². The van der Waals surface area contributed by atoms with E-state index in [-0.39, 0.29) is 5.82 Å². The van der Waals surface area contributed by atoms with Crippen molar-refractivity contribution in [1.82, 2.24) is 19.2 Å². The Bertz CT molecular complexity index is 1220. The highest BCUT2D eigenvalue weighted by Crippen LogP contribution is 2.36. The number of pyridine rings is 1. The first-order valence-electron chi connectivity index (χ1n) is 8.77. The first kappa shape index (κ1) is 17.9. The summed E-state index contributed by atoms with van der Waals surface area (Å²) in [5, 5.41) is 4.37. The van der Waals surface area contributed by atoms with Crippen LogP contribution in [0.25, 0.3) is 28.0 Å². The molecule has 0 bridgehead atoms. The van der Waals surface area contributed by atoms with Gasteiger partial charge in [0.1, 0.15) is 11.5 Å². The van der Waals surface area contributed by atoms with Crippen LogP contribution in [0.4, 0.5) is 4.39 Å². The summed E-state index contributed by atoms with van der Waals surface area (Å²) < 4.78 is 23.3. The van der Waals surface area contributed by atoms with Crippen molar-refractivity contribution in [1.29, 1.82) is 0 Å². The molecule has 4 rings (SSSR count). The molecule has 0 N–H and O–H groups in total. The van der Waals surface area contributed by atoms with Gasteiger partial charge in [0.15, 0.2) is 0 Å². The molecule has 0 aliphatic carbocycles. The summed E-state index contributed by atoms with van der Waals surface area (Å²) in [6.45, 7) is 3.77. The van der Waals surface area contributed by atoms with Crippen LogP contribution in [0.1, 0.15) is 21.7 Å². The number of imidazole rings is 1. The zero-order valence-electron chi connectivity index (χ0n) is 16.0. The molecule has 0 fully saturated rings. The topological polar surface area (TPSA) is 61.4 Å². The Labute approximate surface area is 161 Å². The molecule has 3 aromatic heterocycles. The molecule has 6 nitrogen and oxygen atoms in total. The number of hydrogen-bond donors (Lipinski definition) is 0. The van der Waals surface area contributed by atoms with Crippen molar-refractivity contribution in [2.24, 2.45) is 7.05 Å². The third-order valence-electron chi connectivity index (χ3n) is 4.84. The number of carbonyl (C=O) groups is 1. The van der Waals surface area contributed by atoms with E-state index in [2.05, 4.69) is 10.1 Å². The van der Waals surface area contributed by atoms with Crippen molar-refractivity contribution in [3.63, 3.8) is 0 Å². The van der Waals surface area contributed by atoms with Gasteiger partial charge in [-0.2, -0.15) is 5.10 Å². The highest BCUT2D eigenvalue weighted by molar-refractivity contribution is 5.91. The molecule has 0 aliphatic heterocycles. The van der Waals surface area contributed by atoms with E-state index < -0.39 is 5.97 Å². The number of aryl methyl sites for hydroxylation is 3. The van der Waals surface area contributed by atoms with Crippen LogP contribution in [-0.2, 0) is 11.8 Å². The van der Waals surface area contributed by atoms with E-state index in [9.17, 15) is 9.18 Å². The van der Waals surface area contributed by atoms with E-state index in [0.717, 1.165) is 22.5 Å². The van der Waals surface area contributed by atoms with Gasteiger partial charge in [0.05, 0.1) is 24.1 Å². The number of rotatable bonds is 3. The first-order valence-corrected chi connectivity index (χ1v) is 8.77. The number of aromatic nitrogens is 4. The van der Waals surface area contributed by atoms with E-state index in [0.29, 0.717) is 22.5 Å². The number of esters is 1. The first-order chi connectivity index (χ1) is 13.4. The molecule has 0 saturated carbocycles. The smallest absolute Gasteiger partial charge is 0.338 e. The molecule has 7 heteroatoms. The molecule has 0 amide bonds. The molecule has 142 valence electrons. The van der Waals surface area contributed by atoms with Crippen molar-refractivity contribution in [3.8, 4) is 22.4 Å². The molecule has 0 radical (unpaired) electrons. The van der Waals surface area contributed by atoms with Gasteiger partial charge in [-0.1, -0.05) is 12.1 Å². The zero-order chi connectivity index (χ0) is 20.0. The van der Waals surface area contributed by atoms with Crippen molar-refractivity contribution >= 4 is 11.6 Å². The summed E-state index contributed by atoms with van der Waals surface area (Å²) >= 11 is 0. The number of carbonyl (C=O) groups excluding carboxylic acids is 1. The van der Waals surface area contributed by atoms with E-state index in [1.165, 1.54) is 13.2 Å². The third-order valence-corrected chi connectivity index (χ3v) is 4.84. The number of hydrogen-bond acceptors (Lipinski definition) is 4.